The highest BCUT2D eigenvalue weighted by atomic mass is 35.5. The second kappa shape index (κ2) is 10.5. The summed E-state index contributed by atoms with van der Waals surface area (Å²) in [5.74, 6) is 0. The summed E-state index contributed by atoms with van der Waals surface area (Å²) >= 11 is 12.0. The maximum atomic E-state index is 12.6. The van der Waals surface area contributed by atoms with Crippen molar-refractivity contribution < 1.29 is 4.79 Å². The summed E-state index contributed by atoms with van der Waals surface area (Å²) in [4.78, 5) is 22.0. The van der Waals surface area contributed by atoms with Crippen molar-refractivity contribution in [3.05, 3.63) is 94.6 Å². The molecule has 4 aromatic rings. The molecule has 8 heteroatoms. The van der Waals surface area contributed by atoms with Crippen LogP contribution in [-0.4, -0.2) is 42.1 Å². The van der Waals surface area contributed by atoms with Crippen molar-refractivity contribution in [1.82, 2.24) is 9.88 Å². The van der Waals surface area contributed by atoms with E-state index in [4.69, 9.17) is 23.2 Å². The molecule has 0 radical (unpaired) electrons. The highest BCUT2D eigenvalue weighted by molar-refractivity contribution is 6.42. The fourth-order valence-electron chi connectivity index (χ4n) is 4.34. The molecule has 1 saturated heterocycles. The van der Waals surface area contributed by atoms with E-state index in [0.717, 1.165) is 49.3 Å². The zero-order valence-corrected chi connectivity index (χ0v) is 20.6. The van der Waals surface area contributed by atoms with Gasteiger partial charge in [0.1, 0.15) is 0 Å². The first-order valence-corrected chi connectivity index (χ1v) is 12.2. The number of nitrogens with one attached hydrogen (secondary N) is 2. The number of benzene rings is 3. The van der Waals surface area contributed by atoms with Crippen LogP contribution in [0.25, 0.3) is 10.9 Å². The Morgan fingerprint density at radius 1 is 0.829 bits per heavy atom. The van der Waals surface area contributed by atoms with Crippen LogP contribution in [0.1, 0.15) is 5.56 Å². The number of carbonyl (C=O) groups is 1. The zero-order chi connectivity index (χ0) is 24.2. The molecule has 1 fully saturated rings. The molecule has 2 heterocycles. The van der Waals surface area contributed by atoms with Gasteiger partial charge in [-0.05, 0) is 48.0 Å². The van der Waals surface area contributed by atoms with Gasteiger partial charge in [0, 0.05) is 61.4 Å². The number of hydrogen-bond acceptors (Lipinski definition) is 4. The molecule has 0 bridgehead atoms. The van der Waals surface area contributed by atoms with Gasteiger partial charge in [-0.15, -0.1) is 0 Å². The topological polar surface area (TPSA) is 60.5 Å². The Balaban J connectivity index is 1.27. The fraction of sp³-hybridized carbons (Fsp3) is 0.185. The summed E-state index contributed by atoms with van der Waals surface area (Å²) < 4.78 is 0. The van der Waals surface area contributed by atoms with Crippen LogP contribution >= 0.6 is 23.2 Å². The zero-order valence-electron chi connectivity index (χ0n) is 19.0. The van der Waals surface area contributed by atoms with Crippen LogP contribution in [0.4, 0.5) is 21.9 Å². The maximum Gasteiger partial charge on any atom is 0.323 e. The third-order valence-electron chi connectivity index (χ3n) is 6.12. The smallest absolute Gasteiger partial charge is 0.323 e. The Labute approximate surface area is 214 Å². The molecule has 1 aliphatic rings. The summed E-state index contributed by atoms with van der Waals surface area (Å²) in [7, 11) is 0. The fourth-order valence-corrected chi connectivity index (χ4v) is 4.64. The van der Waals surface area contributed by atoms with Crippen molar-refractivity contribution in [3.8, 4) is 0 Å². The third kappa shape index (κ3) is 5.68. The molecule has 6 nitrogen and oxygen atoms in total. The van der Waals surface area contributed by atoms with Crippen LogP contribution in [0.5, 0.6) is 0 Å². The number of carbonyl (C=O) groups excluding carboxylic acids is 1. The number of piperazine rings is 1. The summed E-state index contributed by atoms with van der Waals surface area (Å²) in [5.41, 5.74) is 4.61. The first kappa shape index (κ1) is 23.4. The van der Waals surface area contributed by atoms with Crippen LogP contribution in [-0.2, 0) is 6.54 Å². The summed E-state index contributed by atoms with van der Waals surface area (Å²) in [5, 5.41) is 7.52. The molecular formula is C27H25Cl2N5O. The second-order valence-corrected chi connectivity index (χ2v) is 9.33. The van der Waals surface area contributed by atoms with Gasteiger partial charge in [-0.3, -0.25) is 9.88 Å². The number of urea groups is 1. The predicted octanol–water partition coefficient (Wildman–Crippen LogP) is 6.51. The first-order chi connectivity index (χ1) is 17.0. The average molecular weight is 506 g/mol. The second-order valence-electron chi connectivity index (χ2n) is 8.52. The highest BCUT2D eigenvalue weighted by Crippen LogP contribution is 2.29. The largest absolute Gasteiger partial charge is 0.368 e. The average Bonchev–Trinajstić information content (AvgIpc) is 2.87. The monoisotopic (exact) mass is 505 g/mol. The van der Waals surface area contributed by atoms with E-state index < -0.39 is 0 Å². The molecule has 0 saturated carbocycles. The van der Waals surface area contributed by atoms with Crippen LogP contribution in [0.15, 0.2) is 79.0 Å². The van der Waals surface area contributed by atoms with E-state index in [1.165, 1.54) is 5.56 Å². The van der Waals surface area contributed by atoms with Crippen LogP contribution in [0.2, 0.25) is 10.0 Å². The SMILES string of the molecule is O=C(Nc1ccc(Cl)c(Cl)c1)Nc1ccc2nccc(N3CCN(Cc4ccccc4)CC3)c2c1. The normalized spacial score (nSPS) is 14.2. The number of rotatable bonds is 5. The number of anilines is 3. The summed E-state index contributed by atoms with van der Waals surface area (Å²) in [6.07, 6.45) is 1.85. The minimum Gasteiger partial charge on any atom is -0.368 e. The molecule has 0 aliphatic carbocycles. The molecule has 0 spiro atoms. The van der Waals surface area contributed by atoms with Gasteiger partial charge in [0.25, 0.3) is 0 Å². The van der Waals surface area contributed by atoms with Crippen LogP contribution < -0.4 is 15.5 Å². The predicted molar refractivity (Wildman–Crippen MR) is 145 cm³/mol. The van der Waals surface area contributed by atoms with Crippen molar-refractivity contribution >= 4 is 57.2 Å². The van der Waals surface area contributed by atoms with Gasteiger partial charge in [0.2, 0.25) is 0 Å². The molecule has 2 amide bonds. The number of pyridine rings is 1. The summed E-state index contributed by atoms with van der Waals surface area (Å²) in [6.45, 7) is 4.81. The number of amides is 2. The molecule has 0 unspecified atom stereocenters. The lowest BCUT2D eigenvalue weighted by molar-refractivity contribution is 0.250. The number of hydrogen-bond donors (Lipinski definition) is 2. The van der Waals surface area contributed by atoms with Crippen molar-refractivity contribution in [1.29, 1.82) is 0 Å². The molecule has 0 atom stereocenters. The Kier molecular flexibility index (Phi) is 7.04. The maximum absolute atomic E-state index is 12.6. The minimum atomic E-state index is -0.359. The van der Waals surface area contributed by atoms with E-state index in [0.29, 0.717) is 21.4 Å². The number of halogens is 2. The van der Waals surface area contributed by atoms with Gasteiger partial charge in [-0.25, -0.2) is 4.79 Å². The van der Waals surface area contributed by atoms with Crippen molar-refractivity contribution in [2.24, 2.45) is 0 Å². The number of nitrogens with zero attached hydrogens (tertiary/aromatic N) is 3. The van der Waals surface area contributed by atoms with Crippen molar-refractivity contribution in [3.63, 3.8) is 0 Å². The molecule has 2 N–H and O–H groups in total. The number of fused-ring (bicyclic) bond motifs is 1. The molecular weight excluding hydrogens is 481 g/mol. The molecule has 1 aromatic heterocycles. The quantitative estimate of drug-likeness (QED) is 0.324. The van der Waals surface area contributed by atoms with E-state index in [1.807, 2.05) is 24.4 Å². The Bertz CT molecular complexity index is 1340. The highest BCUT2D eigenvalue weighted by Gasteiger charge is 2.19. The molecule has 1 aliphatic heterocycles. The van der Waals surface area contributed by atoms with Crippen molar-refractivity contribution in [2.45, 2.75) is 6.54 Å². The van der Waals surface area contributed by atoms with Gasteiger partial charge < -0.3 is 15.5 Å². The van der Waals surface area contributed by atoms with E-state index in [-0.39, 0.29) is 6.03 Å². The van der Waals surface area contributed by atoms with E-state index in [2.05, 4.69) is 61.8 Å². The third-order valence-corrected chi connectivity index (χ3v) is 6.85. The molecule has 178 valence electrons. The lowest BCUT2D eigenvalue weighted by Gasteiger charge is -2.36. The lowest BCUT2D eigenvalue weighted by Crippen LogP contribution is -2.46. The molecule has 5 rings (SSSR count). The standard InChI is InChI=1S/C27H25Cl2N5O/c28-23-8-6-21(17-24(23)29)32-27(35)31-20-7-9-25-22(16-20)26(10-11-30-25)34-14-12-33(13-15-34)18-19-4-2-1-3-5-19/h1-11,16-17H,12-15,18H2,(H2,31,32,35). The molecule has 35 heavy (non-hydrogen) atoms. The van der Waals surface area contributed by atoms with Gasteiger partial charge in [0.05, 0.1) is 15.6 Å². The van der Waals surface area contributed by atoms with Gasteiger partial charge in [-0.2, -0.15) is 0 Å². The van der Waals surface area contributed by atoms with Crippen molar-refractivity contribution in [2.75, 3.05) is 41.7 Å². The summed E-state index contributed by atoms with van der Waals surface area (Å²) in [6, 6.07) is 23.0. The number of aromatic nitrogens is 1. The van der Waals surface area contributed by atoms with Gasteiger partial charge in [0.15, 0.2) is 0 Å². The van der Waals surface area contributed by atoms with Crippen LogP contribution in [0, 0.1) is 0 Å². The van der Waals surface area contributed by atoms with E-state index in [9.17, 15) is 4.79 Å². The van der Waals surface area contributed by atoms with E-state index in [1.54, 1.807) is 18.2 Å². The Morgan fingerprint density at radius 2 is 1.54 bits per heavy atom. The van der Waals surface area contributed by atoms with Gasteiger partial charge in [-0.1, -0.05) is 53.5 Å². The first-order valence-electron chi connectivity index (χ1n) is 11.5. The minimum absolute atomic E-state index is 0.359. The molecule has 3 aromatic carbocycles. The Morgan fingerprint density at radius 3 is 2.29 bits per heavy atom. The van der Waals surface area contributed by atoms with Gasteiger partial charge >= 0.3 is 6.03 Å². The van der Waals surface area contributed by atoms with E-state index >= 15 is 0 Å². The van der Waals surface area contributed by atoms with Crippen LogP contribution in [0.3, 0.4) is 0 Å². The lowest BCUT2D eigenvalue weighted by atomic mass is 10.1. The Hall–Kier alpha value is -3.32.